The number of hydrogen-bond donors (Lipinski definition) is 1. The summed E-state index contributed by atoms with van der Waals surface area (Å²) >= 11 is 0. The quantitative estimate of drug-likeness (QED) is 0.744. The van der Waals surface area contributed by atoms with E-state index in [4.69, 9.17) is 10.1 Å². The lowest BCUT2D eigenvalue weighted by Gasteiger charge is -2.41. The Kier molecular flexibility index (Phi) is 4.97. The van der Waals surface area contributed by atoms with Crippen molar-refractivity contribution in [3.8, 4) is 11.5 Å². The normalized spacial score (nSPS) is 19.6. The number of aromatic nitrogens is 4. The Balaban J connectivity index is 1.48. The summed E-state index contributed by atoms with van der Waals surface area (Å²) in [6.45, 7) is 6.12. The molecule has 2 aliphatic heterocycles. The summed E-state index contributed by atoms with van der Waals surface area (Å²) in [4.78, 5) is 7.15. The van der Waals surface area contributed by atoms with Crippen LogP contribution in [-0.2, 0) is 25.0 Å². The number of benzene rings is 1. The molecule has 1 aromatic carbocycles. The Bertz CT molecular complexity index is 925. The number of aryl methyl sites for hydroxylation is 1. The monoisotopic (exact) mass is 390 g/mol. The van der Waals surface area contributed by atoms with E-state index in [2.05, 4.69) is 69.1 Å². The first kappa shape index (κ1) is 18.6. The fourth-order valence-electron chi connectivity index (χ4n) is 4.84. The van der Waals surface area contributed by atoms with Gasteiger partial charge in [0.15, 0.2) is 5.82 Å². The third-order valence-electron chi connectivity index (χ3n) is 6.64. The molecule has 6 heteroatoms. The van der Waals surface area contributed by atoms with Crippen molar-refractivity contribution in [1.82, 2.24) is 29.5 Å². The summed E-state index contributed by atoms with van der Waals surface area (Å²) in [5.41, 5.74) is 3.83. The first-order chi connectivity index (χ1) is 14.2. The Morgan fingerprint density at radius 1 is 1.10 bits per heavy atom. The van der Waals surface area contributed by atoms with Crippen molar-refractivity contribution < 1.29 is 0 Å². The summed E-state index contributed by atoms with van der Waals surface area (Å²) in [5.74, 6) is 0.986. The van der Waals surface area contributed by atoms with Gasteiger partial charge in [-0.3, -0.25) is 4.68 Å². The standard InChI is InChI=1S/C23H30N6/c1-27-13-8-23(9-14-27,19-6-3-2-4-7-19)18-28-15-11-25-22(28)21-16-20-17-24-10-5-12-29(20)26-21/h2-4,6-7,11,15-16,24H,5,8-10,12-14,17-18H2,1H3. The van der Waals surface area contributed by atoms with Crippen molar-refractivity contribution >= 4 is 0 Å². The van der Waals surface area contributed by atoms with Crippen molar-refractivity contribution in [1.29, 1.82) is 0 Å². The van der Waals surface area contributed by atoms with Crippen molar-refractivity contribution in [3.63, 3.8) is 0 Å². The van der Waals surface area contributed by atoms with Crippen LogP contribution in [0.2, 0.25) is 0 Å². The van der Waals surface area contributed by atoms with Gasteiger partial charge in [-0.2, -0.15) is 5.10 Å². The average Bonchev–Trinajstić information content (AvgIpc) is 3.31. The van der Waals surface area contributed by atoms with E-state index >= 15 is 0 Å². The molecule has 3 aromatic rings. The molecule has 0 bridgehead atoms. The Labute approximate surface area is 172 Å². The first-order valence-electron chi connectivity index (χ1n) is 10.8. The lowest BCUT2D eigenvalue weighted by Crippen LogP contribution is -2.43. The summed E-state index contributed by atoms with van der Waals surface area (Å²) in [7, 11) is 2.23. The third kappa shape index (κ3) is 3.63. The Hall–Kier alpha value is -2.44. The lowest BCUT2D eigenvalue weighted by atomic mass is 9.72. The maximum absolute atomic E-state index is 4.90. The lowest BCUT2D eigenvalue weighted by molar-refractivity contribution is 0.170. The molecular formula is C23H30N6. The smallest absolute Gasteiger partial charge is 0.160 e. The van der Waals surface area contributed by atoms with E-state index in [9.17, 15) is 0 Å². The van der Waals surface area contributed by atoms with E-state index in [1.165, 1.54) is 11.3 Å². The molecule has 5 rings (SSSR count). The molecule has 0 radical (unpaired) electrons. The Morgan fingerprint density at radius 2 is 1.93 bits per heavy atom. The second-order valence-corrected chi connectivity index (χ2v) is 8.60. The zero-order valence-corrected chi connectivity index (χ0v) is 17.2. The highest BCUT2D eigenvalue weighted by molar-refractivity contribution is 5.50. The number of piperidine rings is 1. The van der Waals surface area contributed by atoms with Gasteiger partial charge in [0.1, 0.15) is 5.69 Å². The minimum atomic E-state index is 0.140. The number of imidazole rings is 1. The SMILES string of the molecule is CN1CCC(Cn2ccnc2-c2cc3n(n2)CCCNC3)(c2ccccc2)CC1. The summed E-state index contributed by atoms with van der Waals surface area (Å²) in [5, 5.41) is 8.38. The molecule has 152 valence electrons. The third-order valence-corrected chi connectivity index (χ3v) is 6.64. The molecule has 29 heavy (non-hydrogen) atoms. The predicted octanol–water partition coefficient (Wildman–Crippen LogP) is 2.90. The van der Waals surface area contributed by atoms with Crippen LogP contribution in [0.25, 0.3) is 11.5 Å². The van der Waals surface area contributed by atoms with E-state index in [0.717, 1.165) is 70.0 Å². The fourth-order valence-corrected chi connectivity index (χ4v) is 4.84. The largest absolute Gasteiger partial charge is 0.329 e. The van der Waals surface area contributed by atoms with E-state index in [1.54, 1.807) is 0 Å². The number of likely N-dealkylation sites (tertiary alicyclic amines) is 1. The highest BCUT2D eigenvalue weighted by Gasteiger charge is 2.36. The maximum atomic E-state index is 4.90. The first-order valence-corrected chi connectivity index (χ1v) is 10.8. The number of fused-ring (bicyclic) bond motifs is 1. The zero-order valence-electron chi connectivity index (χ0n) is 17.2. The van der Waals surface area contributed by atoms with Crippen molar-refractivity contribution in [3.05, 3.63) is 60.0 Å². The highest BCUT2D eigenvalue weighted by atomic mass is 15.3. The molecule has 0 unspecified atom stereocenters. The van der Waals surface area contributed by atoms with Gasteiger partial charge in [0.25, 0.3) is 0 Å². The van der Waals surface area contributed by atoms with E-state index in [0.29, 0.717) is 0 Å². The summed E-state index contributed by atoms with van der Waals surface area (Å²) in [6.07, 6.45) is 7.49. The van der Waals surface area contributed by atoms with Gasteiger partial charge in [0, 0.05) is 37.4 Å². The molecule has 0 aliphatic carbocycles. The molecule has 4 heterocycles. The molecule has 0 atom stereocenters. The Morgan fingerprint density at radius 3 is 2.76 bits per heavy atom. The summed E-state index contributed by atoms with van der Waals surface area (Å²) in [6, 6.07) is 13.3. The minimum absolute atomic E-state index is 0.140. The van der Waals surface area contributed by atoms with E-state index in [1.807, 2.05) is 6.20 Å². The molecular weight excluding hydrogens is 360 g/mol. The van der Waals surface area contributed by atoms with Gasteiger partial charge in [0.2, 0.25) is 0 Å². The van der Waals surface area contributed by atoms with Gasteiger partial charge in [0.05, 0.1) is 5.69 Å². The second kappa shape index (κ2) is 7.76. The number of rotatable bonds is 4. The van der Waals surface area contributed by atoms with E-state index in [-0.39, 0.29) is 5.41 Å². The van der Waals surface area contributed by atoms with Crippen molar-refractivity contribution in [2.75, 3.05) is 26.7 Å². The average molecular weight is 391 g/mol. The number of nitrogens with one attached hydrogen (secondary N) is 1. The molecule has 2 aromatic heterocycles. The molecule has 0 amide bonds. The van der Waals surface area contributed by atoms with Gasteiger partial charge < -0.3 is 14.8 Å². The van der Waals surface area contributed by atoms with Crippen molar-refractivity contribution in [2.24, 2.45) is 0 Å². The van der Waals surface area contributed by atoms with Gasteiger partial charge in [-0.05, 0) is 57.6 Å². The van der Waals surface area contributed by atoms with Gasteiger partial charge in [-0.15, -0.1) is 0 Å². The molecule has 1 saturated heterocycles. The van der Waals surface area contributed by atoms with Crippen LogP contribution in [0, 0.1) is 0 Å². The molecule has 0 saturated carbocycles. The van der Waals surface area contributed by atoms with Crippen LogP contribution in [0.15, 0.2) is 48.8 Å². The maximum Gasteiger partial charge on any atom is 0.160 e. The molecule has 2 aliphatic rings. The van der Waals surface area contributed by atoms with Gasteiger partial charge in [-0.25, -0.2) is 4.98 Å². The predicted molar refractivity (Wildman–Crippen MR) is 115 cm³/mol. The topological polar surface area (TPSA) is 50.9 Å². The van der Waals surface area contributed by atoms with E-state index < -0.39 is 0 Å². The van der Waals surface area contributed by atoms with Crippen LogP contribution < -0.4 is 5.32 Å². The number of nitrogens with zero attached hydrogens (tertiary/aromatic N) is 5. The second-order valence-electron chi connectivity index (χ2n) is 8.60. The van der Waals surface area contributed by atoms with Crippen LogP contribution in [0.5, 0.6) is 0 Å². The molecule has 6 nitrogen and oxygen atoms in total. The molecule has 0 spiro atoms. The van der Waals surface area contributed by atoms with Gasteiger partial charge >= 0.3 is 0 Å². The van der Waals surface area contributed by atoms with Crippen LogP contribution in [-0.4, -0.2) is 50.9 Å². The zero-order chi connectivity index (χ0) is 19.7. The van der Waals surface area contributed by atoms with Crippen LogP contribution in [0.3, 0.4) is 0 Å². The van der Waals surface area contributed by atoms with Crippen molar-refractivity contribution in [2.45, 2.75) is 44.3 Å². The molecule has 1 fully saturated rings. The highest BCUT2D eigenvalue weighted by Crippen LogP contribution is 2.38. The molecule has 1 N–H and O–H groups in total. The minimum Gasteiger partial charge on any atom is -0.329 e. The summed E-state index contributed by atoms with van der Waals surface area (Å²) < 4.78 is 4.48. The fraction of sp³-hybridized carbons (Fsp3) is 0.478. The van der Waals surface area contributed by atoms with Crippen LogP contribution >= 0.6 is 0 Å². The van der Waals surface area contributed by atoms with Gasteiger partial charge in [-0.1, -0.05) is 30.3 Å². The van der Waals surface area contributed by atoms with Crippen LogP contribution in [0.4, 0.5) is 0 Å². The number of hydrogen-bond acceptors (Lipinski definition) is 4. The van der Waals surface area contributed by atoms with Crippen LogP contribution in [0.1, 0.15) is 30.5 Å².